The lowest BCUT2D eigenvalue weighted by Gasteiger charge is -2.26. The molecule has 6 rings (SSSR count). The van der Waals surface area contributed by atoms with Crippen molar-refractivity contribution in [2.24, 2.45) is 0 Å². The molecule has 19 heteroatoms. The van der Waals surface area contributed by atoms with Gasteiger partial charge in [-0.1, -0.05) is 12.2 Å². The van der Waals surface area contributed by atoms with Crippen molar-refractivity contribution >= 4 is 47.4 Å². The van der Waals surface area contributed by atoms with E-state index in [0.29, 0.717) is 11.3 Å². The summed E-state index contributed by atoms with van der Waals surface area (Å²) in [7, 11) is 0. The van der Waals surface area contributed by atoms with Gasteiger partial charge in [0.15, 0.2) is 22.6 Å². The van der Waals surface area contributed by atoms with Gasteiger partial charge in [-0.3, -0.25) is 18.9 Å². The maximum absolute atomic E-state index is 13.9. The third-order valence-corrected chi connectivity index (χ3v) is 10.2. The number of thiol groups is 1. The van der Waals surface area contributed by atoms with Crippen molar-refractivity contribution in [3.05, 3.63) is 34.9 Å². The molecule has 2 fully saturated rings. The van der Waals surface area contributed by atoms with Crippen molar-refractivity contribution in [3.8, 4) is 0 Å². The number of nitrogens with zero attached hydrogens (tertiary/aromatic N) is 7. The van der Waals surface area contributed by atoms with Crippen LogP contribution in [0.5, 0.6) is 0 Å². The van der Waals surface area contributed by atoms with Crippen molar-refractivity contribution < 1.29 is 28.8 Å². The van der Waals surface area contributed by atoms with Crippen molar-refractivity contribution in [3.63, 3.8) is 0 Å². The molecule has 7 atom stereocenters. The normalized spacial score (nSPS) is 28.5. The van der Waals surface area contributed by atoms with Crippen LogP contribution < -0.4 is 17.0 Å². The van der Waals surface area contributed by atoms with Crippen LogP contribution in [0.3, 0.4) is 0 Å². The van der Waals surface area contributed by atoms with Gasteiger partial charge in [0.05, 0.1) is 42.7 Å². The first-order chi connectivity index (χ1) is 19.2. The van der Waals surface area contributed by atoms with Crippen LogP contribution in [0.15, 0.2) is 23.6 Å². The zero-order valence-corrected chi connectivity index (χ0v) is 22.6. The Balaban J connectivity index is 1.21. The number of nitrogens with one attached hydrogen (secondary N) is 1. The van der Waals surface area contributed by atoms with E-state index in [-0.39, 0.29) is 55.4 Å². The molecule has 0 bridgehead atoms. The number of aliphatic hydroxyl groups is 2. The van der Waals surface area contributed by atoms with Gasteiger partial charge in [-0.25, -0.2) is 19.5 Å². The number of ether oxygens (including phenoxy) is 2. The Morgan fingerprint density at radius 1 is 1.23 bits per heavy atom. The number of nitrogens with two attached hydrogens (primary N) is 2. The molecule has 17 nitrogen and oxygen atoms in total. The number of fused-ring (bicyclic) bond motifs is 2. The first-order valence-electron chi connectivity index (χ1n) is 12.4. The van der Waals surface area contributed by atoms with Gasteiger partial charge in [0, 0.05) is 13.0 Å². The second kappa shape index (κ2) is 10.4. The molecule has 2 aliphatic heterocycles. The Hall–Kier alpha value is -3.12. The van der Waals surface area contributed by atoms with E-state index >= 15 is 0 Å². The number of aromatic amines is 1. The molecule has 6 heterocycles. The van der Waals surface area contributed by atoms with Crippen LogP contribution in [0, 0.1) is 0 Å². The number of aliphatic hydroxyl groups excluding tert-OH is 2. The van der Waals surface area contributed by atoms with E-state index < -0.39 is 48.4 Å². The van der Waals surface area contributed by atoms with Crippen molar-refractivity contribution in [1.29, 1.82) is 0 Å². The van der Waals surface area contributed by atoms with E-state index in [9.17, 15) is 19.6 Å². The summed E-state index contributed by atoms with van der Waals surface area (Å²) in [6.07, 6.45) is 1.21. The lowest BCUT2D eigenvalue weighted by atomic mass is 10.1. The van der Waals surface area contributed by atoms with Crippen LogP contribution in [-0.4, -0.2) is 86.5 Å². The molecule has 0 radical (unpaired) electrons. The highest BCUT2D eigenvalue weighted by molar-refractivity contribution is 8.46. The zero-order valence-electron chi connectivity index (χ0n) is 20.8. The van der Waals surface area contributed by atoms with Gasteiger partial charge < -0.3 is 35.7 Å². The number of nitrogen functional groups attached to an aromatic ring is 2. The minimum Gasteiger partial charge on any atom is -0.396 e. The number of hydrogen-bond donors (Lipinski definition) is 6. The molecule has 4 aromatic heterocycles. The molecule has 4 aromatic rings. The van der Waals surface area contributed by atoms with Crippen molar-refractivity contribution in [2.75, 3.05) is 24.7 Å². The summed E-state index contributed by atoms with van der Waals surface area (Å²) in [6, 6.07) is 0. The summed E-state index contributed by atoms with van der Waals surface area (Å²) >= 11 is 4.42. The summed E-state index contributed by atoms with van der Waals surface area (Å²) in [5.41, 5.74) is 11.4. The Kier molecular flexibility index (Phi) is 7.02. The van der Waals surface area contributed by atoms with Gasteiger partial charge in [-0.2, -0.15) is 10.1 Å². The fourth-order valence-corrected chi connectivity index (χ4v) is 7.57. The predicted octanol–water partition coefficient (Wildman–Crippen LogP) is -0.209. The number of imidazole rings is 2. The van der Waals surface area contributed by atoms with Gasteiger partial charge in [0.2, 0.25) is 5.95 Å². The van der Waals surface area contributed by atoms with Gasteiger partial charge in [-0.05, 0) is 12.8 Å². The Bertz CT molecular complexity index is 1660. The molecular formula is C21H27N10O7PS. The van der Waals surface area contributed by atoms with Gasteiger partial charge >= 0.3 is 0 Å². The number of H-pyrrole nitrogens is 1. The lowest BCUT2D eigenvalue weighted by molar-refractivity contribution is -0.0192. The van der Waals surface area contributed by atoms with Crippen LogP contribution in [0.2, 0.25) is 0 Å². The average molecular weight is 595 g/mol. The molecule has 7 N–H and O–H groups in total. The zero-order chi connectivity index (χ0) is 28.2. The van der Waals surface area contributed by atoms with Crippen LogP contribution in [0.1, 0.15) is 37.3 Å². The molecule has 0 spiro atoms. The smallest absolute Gasteiger partial charge is 0.280 e. The molecule has 0 amide bonds. The highest BCUT2D eigenvalue weighted by Gasteiger charge is 2.48. The number of aromatic nitrogens is 8. The third kappa shape index (κ3) is 4.74. The van der Waals surface area contributed by atoms with Gasteiger partial charge in [0.1, 0.15) is 24.8 Å². The summed E-state index contributed by atoms with van der Waals surface area (Å²) in [6.45, 7) is -4.13. The molecule has 0 saturated carbocycles. The number of anilines is 2. The minimum absolute atomic E-state index is 0.0324. The standard InChI is InChI=1S/C21H27N10O7PS/c22-16-18-24-5-10(31(18)27-7-25-16)12-4-11(33)13(38-12)6-36-39(35,40)14-3-9(1-2-32)37-20(14)30-8-26-15-17(30)28-21(23)29-19(15)34/h5,7-9,11-14,20,32-33H,1-4,6H2,(H,35,40)(H2,22,25,27)(H3,23,28,29,34)/t9-,11+,12-,13-,14-,20-,39?/m1/s1. The maximum Gasteiger partial charge on any atom is 0.280 e. The maximum atomic E-state index is 13.9. The molecule has 214 valence electrons. The highest BCUT2D eigenvalue weighted by atomic mass is 32.7. The minimum atomic E-state index is -3.76. The van der Waals surface area contributed by atoms with E-state index in [1.165, 1.54) is 21.7 Å². The first kappa shape index (κ1) is 27.1. The SMILES string of the molecule is Nc1nc2c(ncn2[C@@H]2O[C@H](CCO)C[C@H]2P(=O)(S)OC[C@H]2O[C@@H](c3cnc4c(N)ncnn34)C[C@@H]2O)c(=O)[nH]1. The Labute approximate surface area is 230 Å². The van der Waals surface area contributed by atoms with E-state index in [1.807, 2.05) is 0 Å². The van der Waals surface area contributed by atoms with Crippen molar-refractivity contribution in [1.82, 2.24) is 39.1 Å². The van der Waals surface area contributed by atoms with E-state index in [0.717, 1.165) is 0 Å². The fraction of sp³-hybridized carbons (Fsp3) is 0.524. The average Bonchev–Trinajstić information content (AvgIpc) is 3.68. The third-order valence-electron chi connectivity index (χ3n) is 7.10. The summed E-state index contributed by atoms with van der Waals surface area (Å²) in [5, 5.41) is 24.3. The van der Waals surface area contributed by atoms with Gasteiger partial charge in [0.25, 0.3) is 12.1 Å². The molecule has 1 unspecified atom stereocenters. The topological polar surface area (TPSA) is 244 Å². The largest absolute Gasteiger partial charge is 0.396 e. The van der Waals surface area contributed by atoms with E-state index in [4.69, 9.17) is 25.5 Å². The monoisotopic (exact) mass is 594 g/mol. The summed E-state index contributed by atoms with van der Waals surface area (Å²) < 4.78 is 34.8. The molecule has 40 heavy (non-hydrogen) atoms. The van der Waals surface area contributed by atoms with Crippen molar-refractivity contribution in [2.45, 2.75) is 55.6 Å². The number of rotatable bonds is 8. The summed E-state index contributed by atoms with van der Waals surface area (Å²) in [5.74, 6) is 0.0877. The molecule has 2 aliphatic rings. The first-order valence-corrected chi connectivity index (χ1v) is 15.2. The summed E-state index contributed by atoms with van der Waals surface area (Å²) in [4.78, 5) is 31.1. The van der Waals surface area contributed by atoms with E-state index in [1.54, 1.807) is 6.20 Å². The number of hydrogen-bond acceptors (Lipinski definition) is 14. The van der Waals surface area contributed by atoms with Gasteiger partial charge in [-0.15, -0.1) is 0 Å². The fourth-order valence-electron chi connectivity index (χ4n) is 5.15. The van der Waals surface area contributed by atoms with Crippen LogP contribution in [0.4, 0.5) is 11.8 Å². The Morgan fingerprint density at radius 3 is 2.85 bits per heavy atom. The second-order valence-corrected chi connectivity index (χ2v) is 13.4. The predicted molar refractivity (Wildman–Crippen MR) is 143 cm³/mol. The Morgan fingerprint density at radius 2 is 2.05 bits per heavy atom. The molecular weight excluding hydrogens is 567 g/mol. The van der Waals surface area contributed by atoms with E-state index in [2.05, 4.69) is 42.3 Å². The molecule has 0 aromatic carbocycles. The lowest BCUT2D eigenvalue weighted by Crippen LogP contribution is -2.27. The second-order valence-electron chi connectivity index (χ2n) is 9.63. The highest BCUT2D eigenvalue weighted by Crippen LogP contribution is 2.64. The van der Waals surface area contributed by atoms with Crippen LogP contribution in [0.25, 0.3) is 16.8 Å². The van der Waals surface area contributed by atoms with Crippen LogP contribution in [-0.2, 0) is 18.6 Å². The van der Waals surface area contributed by atoms with Crippen LogP contribution >= 0.6 is 18.8 Å². The molecule has 2 saturated heterocycles. The molecule has 0 aliphatic carbocycles. The quantitative estimate of drug-likeness (QED) is 0.114.